The van der Waals surface area contributed by atoms with Gasteiger partial charge in [0.05, 0.1) is 11.4 Å². The molecule has 0 aliphatic rings. The number of carbonyl (C=O) groups is 2. The lowest BCUT2D eigenvalue weighted by Gasteiger charge is -2.10. The highest BCUT2D eigenvalue weighted by molar-refractivity contribution is 8.13. The van der Waals surface area contributed by atoms with Crippen LogP contribution in [-0.2, 0) is 21.1 Å². The van der Waals surface area contributed by atoms with E-state index in [9.17, 15) is 19.8 Å². The van der Waals surface area contributed by atoms with Gasteiger partial charge in [-0.15, -0.1) is 0 Å². The standard InChI is InChI=1S/C22H24N2O4S2/c1-5-15-9-23-13(3)21(27)17(15)11-29-19(25)7-8-20(26)30-12-18-16(6-2)10-24-14(4)22(18)28/h5-6,9-10,27-28H,1-2,7-8,11-12H2,3-4H3. The number of hydrogen-bond donors (Lipinski definition) is 2. The SMILES string of the molecule is C=Cc1cnc(C)c(O)c1CSC(=O)CCC(=O)SCc1c(C=C)cnc(C)c1O. The predicted molar refractivity (Wildman–Crippen MR) is 123 cm³/mol. The van der Waals surface area contributed by atoms with Crippen LogP contribution in [0.3, 0.4) is 0 Å². The van der Waals surface area contributed by atoms with Crippen molar-refractivity contribution in [2.24, 2.45) is 0 Å². The summed E-state index contributed by atoms with van der Waals surface area (Å²) in [7, 11) is 0. The van der Waals surface area contributed by atoms with Gasteiger partial charge in [0.2, 0.25) is 0 Å². The van der Waals surface area contributed by atoms with Crippen LogP contribution in [0.4, 0.5) is 0 Å². The van der Waals surface area contributed by atoms with Gasteiger partial charge in [-0.05, 0) is 25.0 Å². The van der Waals surface area contributed by atoms with Crippen molar-refractivity contribution in [1.82, 2.24) is 9.97 Å². The van der Waals surface area contributed by atoms with E-state index in [1.165, 1.54) is 0 Å². The molecule has 0 aliphatic carbocycles. The maximum absolute atomic E-state index is 12.2. The second-order valence-electron chi connectivity index (χ2n) is 6.48. The minimum absolute atomic E-state index is 0.0600. The highest BCUT2D eigenvalue weighted by Gasteiger charge is 2.15. The molecule has 0 unspecified atom stereocenters. The van der Waals surface area contributed by atoms with Crippen molar-refractivity contribution in [1.29, 1.82) is 0 Å². The van der Waals surface area contributed by atoms with Gasteiger partial charge in [0.15, 0.2) is 10.2 Å². The fraction of sp³-hybridized carbons (Fsp3) is 0.273. The molecule has 0 aromatic carbocycles. The molecule has 0 fully saturated rings. The number of hydrogen-bond acceptors (Lipinski definition) is 8. The van der Waals surface area contributed by atoms with Crippen LogP contribution in [0.1, 0.15) is 46.5 Å². The summed E-state index contributed by atoms with van der Waals surface area (Å²) < 4.78 is 0. The zero-order valence-corrected chi connectivity index (χ0v) is 18.6. The molecule has 8 heteroatoms. The average molecular weight is 445 g/mol. The molecule has 6 nitrogen and oxygen atoms in total. The zero-order chi connectivity index (χ0) is 22.3. The predicted octanol–water partition coefficient (Wildman–Crippen LogP) is 4.79. The fourth-order valence-corrected chi connectivity index (χ4v) is 4.34. The molecule has 2 rings (SSSR count). The van der Waals surface area contributed by atoms with Gasteiger partial charge in [-0.2, -0.15) is 0 Å². The van der Waals surface area contributed by atoms with E-state index in [0.29, 0.717) is 33.6 Å². The zero-order valence-electron chi connectivity index (χ0n) is 17.0. The Hall–Kier alpha value is -2.58. The number of thioether (sulfide) groups is 2. The summed E-state index contributed by atoms with van der Waals surface area (Å²) in [6.07, 6.45) is 6.58. The minimum Gasteiger partial charge on any atom is -0.506 e. The number of aromatic hydroxyl groups is 2. The molecule has 0 aliphatic heterocycles. The van der Waals surface area contributed by atoms with Gasteiger partial charge in [-0.1, -0.05) is 48.8 Å². The van der Waals surface area contributed by atoms with Crippen molar-refractivity contribution >= 4 is 45.9 Å². The Morgan fingerprint density at radius 2 is 1.23 bits per heavy atom. The molecule has 0 saturated heterocycles. The molecule has 2 aromatic rings. The summed E-state index contributed by atoms with van der Waals surface area (Å²) >= 11 is 2.10. The van der Waals surface area contributed by atoms with Crippen molar-refractivity contribution in [3.8, 4) is 11.5 Å². The van der Waals surface area contributed by atoms with Crippen LogP contribution in [0.2, 0.25) is 0 Å². The Bertz CT molecular complexity index is 910. The first kappa shape index (κ1) is 23.7. The van der Waals surface area contributed by atoms with E-state index in [0.717, 1.165) is 23.5 Å². The largest absolute Gasteiger partial charge is 0.506 e. The van der Waals surface area contributed by atoms with Crippen molar-refractivity contribution in [2.75, 3.05) is 0 Å². The monoisotopic (exact) mass is 444 g/mol. The summed E-state index contributed by atoms with van der Waals surface area (Å²) in [6.45, 7) is 10.8. The highest BCUT2D eigenvalue weighted by Crippen LogP contribution is 2.31. The van der Waals surface area contributed by atoms with E-state index >= 15 is 0 Å². The van der Waals surface area contributed by atoms with Gasteiger partial charge in [0, 0.05) is 47.9 Å². The summed E-state index contributed by atoms with van der Waals surface area (Å²) in [5.74, 6) is 0.683. The van der Waals surface area contributed by atoms with Crippen LogP contribution in [-0.4, -0.2) is 30.4 Å². The molecule has 0 bridgehead atoms. The highest BCUT2D eigenvalue weighted by atomic mass is 32.2. The smallest absolute Gasteiger partial charge is 0.189 e. The van der Waals surface area contributed by atoms with Gasteiger partial charge >= 0.3 is 0 Å². The van der Waals surface area contributed by atoms with Crippen LogP contribution in [0.15, 0.2) is 25.6 Å². The lowest BCUT2D eigenvalue weighted by molar-refractivity contribution is -0.115. The lowest BCUT2D eigenvalue weighted by atomic mass is 10.1. The van der Waals surface area contributed by atoms with Crippen molar-refractivity contribution in [3.63, 3.8) is 0 Å². The fourth-order valence-electron chi connectivity index (χ4n) is 2.63. The molecule has 0 atom stereocenters. The van der Waals surface area contributed by atoms with Crippen molar-refractivity contribution in [3.05, 3.63) is 59.2 Å². The molecule has 0 amide bonds. The second kappa shape index (κ2) is 11.0. The quantitative estimate of drug-likeness (QED) is 0.569. The Morgan fingerprint density at radius 1 is 0.867 bits per heavy atom. The molecule has 0 saturated carbocycles. The Morgan fingerprint density at radius 3 is 1.57 bits per heavy atom. The topological polar surface area (TPSA) is 100 Å². The van der Waals surface area contributed by atoms with E-state index in [2.05, 4.69) is 23.1 Å². The van der Waals surface area contributed by atoms with Crippen LogP contribution < -0.4 is 0 Å². The number of pyridine rings is 2. The Balaban J connectivity index is 1.87. The maximum Gasteiger partial charge on any atom is 0.189 e. The number of carbonyl (C=O) groups excluding carboxylic acids is 2. The third-order valence-corrected chi connectivity index (χ3v) is 6.39. The van der Waals surface area contributed by atoms with E-state index in [-0.39, 0.29) is 46.1 Å². The third-order valence-electron chi connectivity index (χ3n) is 4.48. The summed E-state index contributed by atoms with van der Waals surface area (Å²) in [5, 5.41) is 20.1. The molecular weight excluding hydrogens is 420 g/mol. The molecule has 0 spiro atoms. The molecule has 158 valence electrons. The van der Waals surface area contributed by atoms with Gasteiger partial charge in [0.25, 0.3) is 0 Å². The molecule has 0 radical (unpaired) electrons. The van der Waals surface area contributed by atoms with Crippen LogP contribution >= 0.6 is 23.5 Å². The first-order chi connectivity index (χ1) is 14.3. The molecule has 2 aromatic heterocycles. The molecule has 30 heavy (non-hydrogen) atoms. The number of aryl methyl sites for hydroxylation is 2. The maximum atomic E-state index is 12.2. The number of aromatic nitrogens is 2. The first-order valence-electron chi connectivity index (χ1n) is 9.19. The minimum atomic E-state index is -0.137. The number of rotatable bonds is 9. The van der Waals surface area contributed by atoms with Crippen molar-refractivity contribution < 1.29 is 19.8 Å². The number of nitrogens with zero attached hydrogens (tertiary/aromatic N) is 2. The van der Waals surface area contributed by atoms with Crippen molar-refractivity contribution in [2.45, 2.75) is 38.2 Å². The molecule has 2 N–H and O–H groups in total. The van der Waals surface area contributed by atoms with Gasteiger partial charge in [-0.25, -0.2) is 0 Å². The molecule has 2 heterocycles. The van der Waals surface area contributed by atoms with Crippen LogP contribution in [0.25, 0.3) is 12.2 Å². The van der Waals surface area contributed by atoms with E-state index in [1.807, 2.05) is 0 Å². The van der Waals surface area contributed by atoms with E-state index in [1.54, 1.807) is 38.4 Å². The van der Waals surface area contributed by atoms with Crippen LogP contribution in [0, 0.1) is 13.8 Å². The van der Waals surface area contributed by atoms with E-state index in [4.69, 9.17) is 0 Å². The van der Waals surface area contributed by atoms with Gasteiger partial charge < -0.3 is 10.2 Å². The Kier molecular flexibility index (Phi) is 8.68. The average Bonchev–Trinajstić information content (AvgIpc) is 2.74. The second-order valence-corrected chi connectivity index (χ2v) is 8.55. The third kappa shape index (κ3) is 5.96. The normalized spacial score (nSPS) is 10.6. The first-order valence-corrected chi connectivity index (χ1v) is 11.2. The lowest BCUT2D eigenvalue weighted by Crippen LogP contribution is -2.01. The van der Waals surface area contributed by atoms with Gasteiger partial charge in [-0.3, -0.25) is 19.6 Å². The molecular formula is C22H24N2O4S2. The summed E-state index contributed by atoms with van der Waals surface area (Å²) in [6, 6.07) is 0. The summed E-state index contributed by atoms with van der Waals surface area (Å²) in [5.41, 5.74) is 3.55. The summed E-state index contributed by atoms with van der Waals surface area (Å²) in [4.78, 5) is 32.6. The van der Waals surface area contributed by atoms with E-state index < -0.39 is 0 Å². The Labute approximate surface area is 184 Å². The van der Waals surface area contributed by atoms with Gasteiger partial charge in [0.1, 0.15) is 11.5 Å². The van der Waals surface area contributed by atoms with Crippen LogP contribution in [0.5, 0.6) is 11.5 Å².